The minimum atomic E-state index is -0.542. The van der Waals surface area contributed by atoms with Gasteiger partial charge >= 0.3 is 5.97 Å². The molecule has 0 saturated heterocycles. The molecule has 0 aliphatic heterocycles. The Kier molecular flexibility index (Phi) is 6.76. The molecule has 20 heavy (non-hydrogen) atoms. The van der Waals surface area contributed by atoms with Crippen molar-refractivity contribution in [2.45, 2.75) is 46.1 Å². The quantitative estimate of drug-likeness (QED) is 0.684. The molecule has 1 heterocycles. The van der Waals surface area contributed by atoms with E-state index in [9.17, 15) is 9.59 Å². The molecule has 0 bridgehead atoms. The average molecular weight is 282 g/mol. The SMILES string of the molecule is CCCCC(=O)N(CCC)Cc1nc(C(=O)OC)co1. The van der Waals surface area contributed by atoms with Gasteiger partial charge in [0.2, 0.25) is 11.8 Å². The summed E-state index contributed by atoms with van der Waals surface area (Å²) in [5, 5.41) is 0. The number of carbonyl (C=O) groups is 2. The summed E-state index contributed by atoms with van der Waals surface area (Å²) in [5.41, 5.74) is 0.125. The molecule has 6 nitrogen and oxygen atoms in total. The van der Waals surface area contributed by atoms with Crippen molar-refractivity contribution in [3.05, 3.63) is 17.8 Å². The Labute approximate surface area is 119 Å². The van der Waals surface area contributed by atoms with Crippen molar-refractivity contribution in [3.8, 4) is 0 Å². The van der Waals surface area contributed by atoms with E-state index in [1.807, 2.05) is 13.8 Å². The van der Waals surface area contributed by atoms with Crippen molar-refractivity contribution in [3.63, 3.8) is 0 Å². The Morgan fingerprint density at radius 1 is 1.35 bits per heavy atom. The van der Waals surface area contributed by atoms with Gasteiger partial charge in [0.1, 0.15) is 6.26 Å². The summed E-state index contributed by atoms with van der Waals surface area (Å²) in [5.74, 6) is -0.102. The van der Waals surface area contributed by atoms with Gasteiger partial charge in [-0.3, -0.25) is 4.79 Å². The Morgan fingerprint density at radius 3 is 2.70 bits per heavy atom. The van der Waals surface area contributed by atoms with Crippen LogP contribution < -0.4 is 0 Å². The first-order chi connectivity index (χ1) is 9.62. The number of unbranched alkanes of at least 4 members (excludes halogenated alkanes) is 1. The number of aromatic nitrogens is 1. The van der Waals surface area contributed by atoms with E-state index in [0.717, 1.165) is 19.3 Å². The molecule has 1 amide bonds. The number of methoxy groups -OCH3 is 1. The van der Waals surface area contributed by atoms with Gasteiger partial charge in [0.05, 0.1) is 13.7 Å². The molecule has 0 radical (unpaired) electrons. The summed E-state index contributed by atoms with van der Waals surface area (Å²) < 4.78 is 9.77. The van der Waals surface area contributed by atoms with Crippen LogP contribution in [0, 0.1) is 0 Å². The first kappa shape index (κ1) is 16.2. The van der Waals surface area contributed by atoms with Gasteiger partial charge in [0.25, 0.3) is 0 Å². The predicted octanol–water partition coefficient (Wildman–Crippen LogP) is 2.39. The van der Waals surface area contributed by atoms with E-state index in [4.69, 9.17) is 4.42 Å². The predicted molar refractivity (Wildman–Crippen MR) is 73.1 cm³/mol. The highest BCUT2D eigenvalue weighted by Crippen LogP contribution is 2.10. The summed E-state index contributed by atoms with van der Waals surface area (Å²) in [6.07, 6.45) is 4.50. The second-order valence-corrected chi connectivity index (χ2v) is 4.54. The van der Waals surface area contributed by atoms with Gasteiger partial charge in [-0.15, -0.1) is 0 Å². The van der Waals surface area contributed by atoms with Gasteiger partial charge in [-0.2, -0.15) is 0 Å². The Hall–Kier alpha value is -1.85. The number of carbonyl (C=O) groups excluding carboxylic acids is 2. The van der Waals surface area contributed by atoms with E-state index in [2.05, 4.69) is 9.72 Å². The van der Waals surface area contributed by atoms with Gasteiger partial charge in [0.15, 0.2) is 5.69 Å². The van der Waals surface area contributed by atoms with Crippen LogP contribution in [0.4, 0.5) is 0 Å². The molecule has 6 heteroatoms. The molecule has 0 unspecified atom stereocenters. The summed E-state index contributed by atoms with van der Waals surface area (Å²) in [7, 11) is 1.29. The zero-order valence-electron chi connectivity index (χ0n) is 12.3. The van der Waals surface area contributed by atoms with Crippen LogP contribution in [0.25, 0.3) is 0 Å². The highest BCUT2D eigenvalue weighted by Gasteiger charge is 2.17. The summed E-state index contributed by atoms with van der Waals surface area (Å²) >= 11 is 0. The summed E-state index contributed by atoms with van der Waals surface area (Å²) in [4.78, 5) is 29.1. The van der Waals surface area contributed by atoms with Gasteiger partial charge in [0, 0.05) is 13.0 Å². The van der Waals surface area contributed by atoms with Crippen molar-refractivity contribution < 1.29 is 18.7 Å². The first-order valence-electron chi connectivity index (χ1n) is 6.92. The van der Waals surface area contributed by atoms with Crippen LogP contribution in [0.2, 0.25) is 0 Å². The number of oxazole rings is 1. The maximum Gasteiger partial charge on any atom is 0.360 e. The molecular weight excluding hydrogens is 260 g/mol. The zero-order valence-corrected chi connectivity index (χ0v) is 12.3. The minimum Gasteiger partial charge on any atom is -0.464 e. The molecule has 0 aromatic carbocycles. The summed E-state index contributed by atoms with van der Waals surface area (Å²) in [6, 6.07) is 0. The largest absolute Gasteiger partial charge is 0.464 e. The van der Waals surface area contributed by atoms with E-state index in [1.54, 1.807) is 4.90 Å². The Bertz CT molecular complexity index is 442. The van der Waals surface area contributed by atoms with Gasteiger partial charge in [-0.25, -0.2) is 9.78 Å². The average Bonchev–Trinajstić information content (AvgIpc) is 2.92. The second kappa shape index (κ2) is 8.35. The lowest BCUT2D eigenvalue weighted by atomic mass is 10.2. The number of amides is 1. The maximum absolute atomic E-state index is 12.1. The van der Waals surface area contributed by atoms with Crippen molar-refractivity contribution in [1.82, 2.24) is 9.88 Å². The van der Waals surface area contributed by atoms with Crippen LogP contribution in [-0.2, 0) is 16.1 Å². The molecule has 0 spiro atoms. The van der Waals surface area contributed by atoms with Crippen LogP contribution in [0.5, 0.6) is 0 Å². The van der Waals surface area contributed by atoms with Crippen LogP contribution in [-0.4, -0.2) is 35.4 Å². The summed E-state index contributed by atoms with van der Waals surface area (Å²) in [6.45, 7) is 5.00. The number of esters is 1. The number of rotatable bonds is 8. The molecular formula is C14H22N2O4. The first-order valence-corrected chi connectivity index (χ1v) is 6.92. The molecule has 1 aromatic heterocycles. The highest BCUT2D eigenvalue weighted by atomic mass is 16.5. The lowest BCUT2D eigenvalue weighted by molar-refractivity contribution is -0.132. The standard InChI is InChI=1S/C14H22N2O4/c1-4-6-7-13(17)16(8-5-2)9-12-15-11(10-20-12)14(18)19-3/h10H,4-9H2,1-3H3. The molecule has 112 valence electrons. The third-order valence-corrected chi connectivity index (χ3v) is 2.86. The van der Waals surface area contributed by atoms with E-state index in [0.29, 0.717) is 18.9 Å². The fourth-order valence-corrected chi connectivity index (χ4v) is 1.79. The number of ether oxygens (including phenoxy) is 1. The normalized spacial score (nSPS) is 10.3. The van der Waals surface area contributed by atoms with E-state index < -0.39 is 5.97 Å². The number of hydrogen-bond donors (Lipinski definition) is 0. The van der Waals surface area contributed by atoms with Gasteiger partial charge in [-0.1, -0.05) is 20.3 Å². The van der Waals surface area contributed by atoms with Gasteiger partial charge in [-0.05, 0) is 12.8 Å². The molecule has 0 atom stereocenters. The third-order valence-electron chi connectivity index (χ3n) is 2.86. The Morgan fingerprint density at radius 2 is 2.10 bits per heavy atom. The second-order valence-electron chi connectivity index (χ2n) is 4.54. The van der Waals surface area contributed by atoms with Crippen molar-refractivity contribution >= 4 is 11.9 Å². The Balaban J connectivity index is 2.67. The molecule has 1 rings (SSSR count). The zero-order chi connectivity index (χ0) is 15.0. The minimum absolute atomic E-state index is 0.0894. The topological polar surface area (TPSA) is 72.6 Å². The molecule has 1 aromatic rings. The van der Waals surface area contributed by atoms with Crippen molar-refractivity contribution in [1.29, 1.82) is 0 Å². The maximum atomic E-state index is 12.1. The van der Waals surface area contributed by atoms with E-state index in [-0.39, 0.29) is 18.1 Å². The van der Waals surface area contributed by atoms with Crippen molar-refractivity contribution in [2.75, 3.05) is 13.7 Å². The van der Waals surface area contributed by atoms with Crippen LogP contribution >= 0.6 is 0 Å². The third kappa shape index (κ3) is 4.68. The molecule has 0 fully saturated rings. The van der Waals surface area contributed by atoms with E-state index in [1.165, 1.54) is 13.4 Å². The van der Waals surface area contributed by atoms with Gasteiger partial charge < -0.3 is 14.1 Å². The smallest absolute Gasteiger partial charge is 0.360 e. The van der Waals surface area contributed by atoms with Crippen LogP contribution in [0.1, 0.15) is 55.9 Å². The lowest BCUT2D eigenvalue weighted by Crippen LogP contribution is -2.31. The highest BCUT2D eigenvalue weighted by molar-refractivity contribution is 5.86. The van der Waals surface area contributed by atoms with Crippen LogP contribution in [0.3, 0.4) is 0 Å². The number of hydrogen-bond acceptors (Lipinski definition) is 5. The molecule has 0 aliphatic carbocycles. The van der Waals surface area contributed by atoms with Crippen molar-refractivity contribution in [2.24, 2.45) is 0 Å². The van der Waals surface area contributed by atoms with E-state index >= 15 is 0 Å². The molecule has 0 N–H and O–H groups in total. The molecule has 0 saturated carbocycles. The fourth-order valence-electron chi connectivity index (χ4n) is 1.79. The lowest BCUT2D eigenvalue weighted by Gasteiger charge is -2.20. The van der Waals surface area contributed by atoms with Crippen LogP contribution in [0.15, 0.2) is 10.7 Å². The molecule has 0 aliphatic rings. The monoisotopic (exact) mass is 282 g/mol. The fraction of sp³-hybridized carbons (Fsp3) is 0.643. The number of nitrogens with zero attached hydrogens (tertiary/aromatic N) is 2.